The summed E-state index contributed by atoms with van der Waals surface area (Å²) in [6.45, 7) is 5.84. The molecule has 0 bridgehead atoms. The van der Waals surface area contributed by atoms with E-state index < -0.39 is 5.54 Å². The van der Waals surface area contributed by atoms with E-state index in [4.69, 9.17) is 5.73 Å². The van der Waals surface area contributed by atoms with E-state index in [1.54, 1.807) is 18.2 Å². The van der Waals surface area contributed by atoms with Crippen LogP contribution in [0.1, 0.15) is 48.3 Å². The number of nitrogens with zero attached hydrogens (tertiary/aromatic N) is 1. The lowest BCUT2D eigenvalue weighted by Gasteiger charge is -2.28. The maximum absolute atomic E-state index is 13.5. The Morgan fingerprint density at radius 1 is 0.811 bits per heavy atom. The van der Waals surface area contributed by atoms with Gasteiger partial charge in [-0.25, -0.2) is 4.79 Å². The molecule has 6 nitrogen and oxygen atoms in total. The van der Waals surface area contributed by atoms with E-state index in [-0.39, 0.29) is 18.0 Å². The molecule has 0 saturated carbocycles. The third-order valence-corrected chi connectivity index (χ3v) is 6.31. The summed E-state index contributed by atoms with van der Waals surface area (Å²) in [5, 5.41) is 6.14. The van der Waals surface area contributed by atoms with Crippen molar-refractivity contribution in [3.05, 3.63) is 126 Å². The number of hydrogen-bond acceptors (Lipinski definition) is 3. The molecule has 0 fully saturated rings. The molecule has 37 heavy (non-hydrogen) atoms. The topological polar surface area (TPSA) is 87.5 Å². The Bertz CT molecular complexity index is 1360. The third kappa shape index (κ3) is 5.98. The predicted molar refractivity (Wildman–Crippen MR) is 150 cm³/mol. The van der Waals surface area contributed by atoms with Gasteiger partial charge < -0.3 is 16.4 Å². The van der Waals surface area contributed by atoms with Gasteiger partial charge in [-0.3, -0.25) is 9.69 Å². The van der Waals surface area contributed by atoms with E-state index in [2.05, 4.69) is 10.6 Å². The fraction of sp³-hybridized carbons (Fsp3) is 0.161. The normalized spacial score (nSPS) is 11.9. The van der Waals surface area contributed by atoms with Crippen LogP contribution < -0.4 is 21.3 Å². The van der Waals surface area contributed by atoms with Crippen LogP contribution in [0.3, 0.4) is 0 Å². The summed E-state index contributed by atoms with van der Waals surface area (Å²) in [4.78, 5) is 28.2. The maximum Gasteiger partial charge on any atom is 0.327 e. The second kappa shape index (κ2) is 11.0. The summed E-state index contributed by atoms with van der Waals surface area (Å²) in [6.07, 6.45) is 0. The number of nitrogens with one attached hydrogen (secondary N) is 2. The van der Waals surface area contributed by atoms with Crippen molar-refractivity contribution in [2.24, 2.45) is 0 Å². The Morgan fingerprint density at radius 2 is 1.38 bits per heavy atom. The van der Waals surface area contributed by atoms with Crippen LogP contribution in [0.4, 0.5) is 21.9 Å². The minimum atomic E-state index is -0.574. The maximum atomic E-state index is 13.5. The summed E-state index contributed by atoms with van der Waals surface area (Å²) < 4.78 is 0. The van der Waals surface area contributed by atoms with Gasteiger partial charge in [-0.15, -0.1) is 0 Å². The molecule has 0 heterocycles. The molecule has 4 rings (SSSR count). The molecule has 0 spiro atoms. The van der Waals surface area contributed by atoms with Crippen LogP contribution in [-0.4, -0.2) is 11.9 Å². The minimum absolute atomic E-state index is 0.216. The fourth-order valence-corrected chi connectivity index (χ4v) is 4.20. The van der Waals surface area contributed by atoms with Crippen molar-refractivity contribution in [1.82, 2.24) is 10.6 Å². The van der Waals surface area contributed by atoms with Gasteiger partial charge in [0.15, 0.2) is 0 Å². The Balaban J connectivity index is 1.60. The highest BCUT2D eigenvalue weighted by atomic mass is 16.2. The average molecular weight is 493 g/mol. The number of carbonyl (C=O) groups is 2. The van der Waals surface area contributed by atoms with Crippen molar-refractivity contribution >= 4 is 29.0 Å². The Kier molecular flexibility index (Phi) is 7.58. The van der Waals surface area contributed by atoms with Gasteiger partial charge in [-0.05, 0) is 62.2 Å². The molecule has 1 unspecified atom stereocenters. The molecule has 0 aliphatic heterocycles. The molecule has 1 atom stereocenters. The van der Waals surface area contributed by atoms with Gasteiger partial charge in [-0.2, -0.15) is 0 Å². The molecule has 4 N–H and O–H groups in total. The van der Waals surface area contributed by atoms with E-state index in [9.17, 15) is 9.59 Å². The average Bonchev–Trinajstić information content (AvgIpc) is 2.91. The monoisotopic (exact) mass is 492 g/mol. The SMILES string of the molecule is CC(NC(=O)N(c1ccccc1)c1ccc(C(=O)NC(C)(C)c2ccccc2)cc1N)c1ccccc1. The van der Waals surface area contributed by atoms with Crippen molar-refractivity contribution < 1.29 is 9.59 Å². The number of para-hydroxylation sites is 1. The lowest BCUT2D eigenvalue weighted by molar-refractivity contribution is 0.0912. The summed E-state index contributed by atoms with van der Waals surface area (Å²) >= 11 is 0. The highest BCUT2D eigenvalue weighted by Gasteiger charge is 2.25. The molecule has 0 aliphatic carbocycles. The zero-order valence-electron chi connectivity index (χ0n) is 21.3. The molecule has 0 saturated heterocycles. The quantitative estimate of drug-likeness (QED) is 0.256. The van der Waals surface area contributed by atoms with Gasteiger partial charge >= 0.3 is 6.03 Å². The number of amides is 3. The predicted octanol–water partition coefficient (Wildman–Crippen LogP) is 6.54. The molecule has 0 aromatic heterocycles. The van der Waals surface area contributed by atoms with E-state index >= 15 is 0 Å². The van der Waals surface area contributed by atoms with Crippen molar-refractivity contribution in [3.8, 4) is 0 Å². The largest absolute Gasteiger partial charge is 0.397 e. The van der Waals surface area contributed by atoms with E-state index in [1.807, 2.05) is 112 Å². The van der Waals surface area contributed by atoms with Crippen LogP contribution in [0.15, 0.2) is 109 Å². The first-order chi connectivity index (χ1) is 17.8. The van der Waals surface area contributed by atoms with Gasteiger partial charge in [0.05, 0.1) is 28.6 Å². The molecule has 4 aromatic rings. The number of urea groups is 1. The summed E-state index contributed by atoms with van der Waals surface area (Å²) in [6, 6.07) is 33.3. The van der Waals surface area contributed by atoms with Gasteiger partial charge in [0.25, 0.3) is 5.91 Å². The van der Waals surface area contributed by atoms with E-state index in [0.717, 1.165) is 11.1 Å². The molecule has 188 valence electrons. The second-order valence-electron chi connectivity index (χ2n) is 9.47. The van der Waals surface area contributed by atoms with Gasteiger partial charge in [0.1, 0.15) is 0 Å². The molecule has 6 heteroatoms. The molecule has 0 radical (unpaired) electrons. The van der Waals surface area contributed by atoms with Crippen LogP contribution in [0.5, 0.6) is 0 Å². The molecule has 3 amide bonds. The number of nitrogens with two attached hydrogens (primary N) is 1. The smallest absolute Gasteiger partial charge is 0.327 e. The van der Waals surface area contributed by atoms with Crippen LogP contribution in [0.25, 0.3) is 0 Å². The van der Waals surface area contributed by atoms with Crippen LogP contribution in [-0.2, 0) is 5.54 Å². The fourth-order valence-electron chi connectivity index (χ4n) is 4.20. The number of carbonyl (C=O) groups excluding carboxylic acids is 2. The van der Waals surface area contributed by atoms with Crippen molar-refractivity contribution in [2.45, 2.75) is 32.4 Å². The highest BCUT2D eigenvalue weighted by molar-refractivity contribution is 6.04. The number of hydrogen-bond donors (Lipinski definition) is 3. The molecule has 4 aromatic carbocycles. The number of anilines is 3. The minimum Gasteiger partial charge on any atom is -0.397 e. The second-order valence-corrected chi connectivity index (χ2v) is 9.47. The van der Waals surface area contributed by atoms with Crippen LogP contribution >= 0.6 is 0 Å². The van der Waals surface area contributed by atoms with Crippen molar-refractivity contribution in [3.63, 3.8) is 0 Å². The van der Waals surface area contributed by atoms with Crippen LogP contribution in [0, 0.1) is 0 Å². The third-order valence-electron chi connectivity index (χ3n) is 6.31. The van der Waals surface area contributed by atoms with Gasteiger partial charge in [0, 0.05) is 5.56 Å². The summed E-state index contributed by atoms with van der Waals surface area (Å²) in [5.41, 5.74) is 9.74. The first-order valence-corrected chi connectivity index (χ1v) is 12.2. The molecular formula is C31H32N4O2. The zero-order chi connectivity index (χ0) is 26.4. The van der Waals surface area contributed by atoms with Gasteiger partial charge in [0.2, 0.25) is 0 Å². The first kappa shape index (κ1) is 25.5. The van der Waals surface area contributed by atoms with Crippen molar-refractivity contribution in [1.29, 1.82) is 0 Å². The Hall–Kier alpha value is -4.58. The zero-order valence-corrected chi connectivity index (χ0v) is 21.3. The Morgan fingerprint density at radius 3 is 1.97 bits per heavy atom. The Labute approximate surface area is 218 Å². The standard InChI is InChI=1S/C31H32N4O2/c1-22(23-13-7-4-8-14-23)33-30(37)35(26-17-11-6-12-18-26)28-20-19-24(21-27(28)32)29(36)34-31(2,3)25-15-9-5-10-16-25/h4-22H,32H2,1-3H3,(H,33,37)(H,34,36). The van der Waals surface area contributed by atoms with Crippen LogP contribution in [0.2, 0.25) is 0 Å². The first-order valence-electron chi connectivity index (χ1n) is 12.2. The lowest BCUT2D eigenvalue weighted by atomic mass is 9.94. The van der Waals surface area contributed by atoms with E-state index in [1.165, 1.54) is 4.90 Å². The lowest BCUT2D eigenvalue weighted by Crippen LogP contribution is -2.41. The highest BCUT2D eigenvalue weighted by Crippen LogP contribution is 2.32. The number of benzene rings is 4. The van der Waals surface area contributed by atoms with Gasteiger partial charge in [-0.1, -0.05) is 78.9 Å². The van der Waals surface area contributed by atoms with Crippen molar-refractivity contribution in [2.75, 3.05) is 10.6 Å². The molecular weight excluding hydrogens is 460 g/mol. The molecule has 0 aliphatic rings. The number of rotatable bonds is 7. The van der Waals surface area contributed by atoms with E-state index in [0.29, 0.717) is 22.6 Å². The number of nitrogen functional groups attached to an aromatic ring is 1. The summed E-state index contributed by atoms with van der Waals surface area (Å²) in [5.74, 6) is -0.250. The summed E-state index contributed by atoms with van der Waals surface area (Å²) in [7, 11) is 0.